The molecule has 64 valence electrons. The van der Waals surface area contributed by atoms with Gasteiger partial charge in [-0.1, -0.05) is 0 Å². The monoisotopic (exact) mass is 278 g/mol. The second-order valence-corrected chi connectivity index (χ2v) is 3.50. The molecule has 2 N–H and O–H groups in total. The van der Waals surface area contributed by atoms with Crippen molar-refractivity contribution in [3.05, 3.63) is 17.7 Å². The summed E-state index contributed by atoms with van der Waals surface area (Å²) in [5, 5.41) is 0. The SMILES string of the molecule is Nc1cc2c(cc1C=O)O[I-]O2. The molecule has 1 aliphatic rings. The minimum absolute atomic E-state index is 0.429. The van der Waals surface area contributed by atoms with Crippen LogP contribution in [0, 0.1) is 0 Å². The molecule has 0 amide bonds. The Morgan fingerprint density at radius 3 is 2.67 bits per heavy atom. The van der Waals surface area contributed by atoms with E-state index in [-0.39, 0.29) is 0 Å². The minimum atomic E-state index is -0.690. The summed E-state index contributed by atoms with van der Waals surface area (Å²) in [4.78, 5) is 10.5. The molecule has 0 aliphatic carbocycles. The summed E-state index contributed by atoms with van der Waals surface area (Å²) in [6.07, 6.45) is 0.704. The maximum atomic E-state index is 10.5. The zero-order valence-electron chi connectivity index (χ0n) is 5.91. The first-order valence-electron chi connectivity index (χ1n) is 3.18. The van der Waals surface area contributed by atoms with Gasteiger partial charge in [-0.25, -0.2) is 0 Å². The van der Waals surface area contributed by atoms with Crippen molar-refractivity contribution in [2.75, 3.05) is 5.73 Å². The molecule has 0 saturated carbocycles. The van der Waals surface area contributed by atoms with Gasteiger partial charge in [0.05, 0.1) is 0 Å². The maximum absolute atomic E-state index is 10.5. The molecule has 1 heterocycles. The summed E-state index contributed by atoms with van der Waals surface area (Å²) in [7, 11) is 0. The number of nitrogens with two attached hydrogens (primary N) is 1. The van der Waals surface area contributed by atoms with Crippen molar-refractivity contribution < 1.29 is 33.0 Å². The fourth-order valence-corrected chi connectivity index (χ4v) is 2.06. The van der Waals surface area contributed by atoms with Crippen LogP contribution in [-0.2, 0) is 0 Å². The van der Waals surface area contributed by atoms with Crippen molar-refractivity contribution in [3.8, 4) is 11.5 Å². The number of halogens is 1. The van der Waals surface area contributed by atoms with Crippen LogP contribution in [0.5, 0.6) is 11.5 Å². The number of hydrogen-bond acceptors (Lipinski definition) is 4. The molecule has 1 aromatic carbocycles. The van der Waals surface area contributed by atoms with Crippen LogP contribution in [0.3, 0.4) is 0 Å². The van der Waals surface area contributed by atoms with Crippen molar-refractivity contribution in [3.63, 3.8) is 0 Å². The van der Waals surface area contributed by atoms with E-state index in [1.54, 1.807) is 12.1 Å². The van der Waals surface area contributed by atoms with Crippen LogP contribution in [0.1, 0.15) is 10.4 Å². The van der Waals surface area contributed by atoms with Crippen LogP contribution < -0.4 is 33.9 Å². The third-order valence-corrected chi connectivity index (χ3v) is 2.81. The predicted octanol–water partition coefficient (Wildman–Crippen LogP) is -2.23. The number of carbonyl (C=O) groups is 1. The van der Waals surface area contributed by atoms with Gasteiger partial charge in [0, 0.05) is 0 Å². The Kier molecular flexibility index (Phi) is 1.80. The van der Waals surface area contributed by atoms with Gasteiger partial charge in [0.25, 0.3) is 0 Å². The Balaban J connectivity index is 2.56. The van der Waals surface area contributed by atoms with Gasteiger partial charge in [-0.05, 0) is 0 Å². The molecule has 2 rings (SSSR count). The van der Waals surface area contributed by atoms with E-state index in [1.807, 2.05) is 0 Å². The van der Waals surface area contributed by atoms with Crippen LogP contribution in [0.15, 0.2) is 12.1 Å². The molecule has 0 unspecified atom stereocenters. The second kappa shape index (κ2) is 2.81. The van der Waals surface area contributed by atoms with Gasteiger partial charge in [0.1, 0.15) is 0 Å². The van der Waals surface area contributed by atoms with E-state index in [1.165, 1.54) is 0 Å². The number of fused-ring (bicyclic) bond motifs is 1. The molecular formula is C7H5INO3-. The summed E-state index contributed by atoms with van der Waals surface area (Å²) in [5.41, 5.74) is 6.43. The molecule has 0 radical (unpaired) electrons. The molecule has 12 heavy (non-hydrogen) atoms. The molecule has 0 fully saturated rings. The summed E-state index contributed by atoms with van der Waals surface area (Å²) in [5.74, 6) is 1.27. The van der Waals surface area contributed by atoms with Crippen molar-refractivity contribution in [1.29, 1.82) is 0 Å². The molecule has 5 heteroatoms. The van der Waals surface area contributed by atoms with Crippen LogP contribution in [0.25, 0.3) is 0 Å². The van der Waals surface area contributed by atoms with Gasteiger partial charge in [-0.15, -0.1) is 0 Å². The molecular weight excluding hydrogens is 273 g/mol. The first kappa shape index (κ1) is 7.66. The predicted molar refractivity (Wildman–Crippen MR) is 37.5 cm³/mol. The van der Waals surface area contributed by atoms with Gasteiger partial charge >= 0.3 is 79.9 Å². The van der Waals surface area contributed by atoms with Crippen LogP contribution in [-0.4, -0.2) is 6.29 Å². The van der Waals surface area contributed by atoms with E-state index >= 15 is 0 Å². The van der Waals surface area contributed by atoms with E-state index in [9.17, 15) is 4.79 Å². The summed E-state index contributed by atoms with van der Waals surface area (Å²) < 4.78 is 10.3. The normalized spacial score (nSPS) is 13.7. The van der Waals surface area contributed by atoms with E-state index in [4.69, 9.17) is 11.9 Å². The van der Waals surface area contributed by atoms with Crippen molar-refractivity contribution >= 4 is 12.0 Å². The molecule has 0 saturated heterocycles. The van der Waals surface area contributed by atoms with Crippen LogP contribution >= 0.6 is 0 Å². The van der Waals surface area contributed by atoms with Gasteiger partial charge < -0.3 is 0 Å². The molecule has 0 aromatic heterocycles. The zero-order chi connectivity index (χ0) is 8.55. The van der Waals surface area contributed by atoms with Crippen molar-refractivity contribution in [2.45, 2.75) is 0 Å². The molecule has 4 nitrogen and oxygen atoms in total. The van der Waals surface area contributed by atoms with Gasteiger partial charge in [0.2, 0.25) is 0 Å². The Labute approximate surface area is 80.0 Å². The molecule has 0 atom stereocenters. The third kappa shape index (κ3) is 1.09. The summed E-state index contributed by atoms with van der Waals surface area (Å²) in [6, 6.07) is 3.22. The van der Waals surface area contributed by atoms with E-state index < -0.39 is 22.0 Å². The fraction of sp³-hybridized carbons (Fsp3) is 0. The number of carbonyl (C=O) groups excluding carboxylic acids is 1. The molecule has 1 aromatic rings. The second-order valence-electron chi connectivity index (χ2n) is 2.26. The molecule has 1 aliphatic heterocycles. The Hall–Kier alpha value is -0.980. The third-order valence-electron chi connectivity index (χ3n) is 1.51. The van der Waals surface area contributed by atoms with Gasteiger partial charge in [-0.2, -0.15) is 0 Å². The summed E-state index contributed by atoms with van der Waals surface area (Å²) >= 11 is -0.690. The first-order chi connectivity index (χ1) is 5.81. The van der Waals surface area contributed by atoms with Crippen molar-refractivity contribution in [2.24, 2.45) is 0 Å². The number of rotatable bonds is 1. The van der Waals surface area contributed by atoms with E-state index in [0.29, 0.717) is 29.0 Å². The Bertz CT molecular complexity index is 340. The molecule has 0 spiro atoms. The van der Waals surface area contributed by atoms with Gasteiger partial charge in [-0.3, -0.25) is 0 Å². The number of nitrogen functional groups attached to an aromatic ring is 1. The Morgan fingerprint density at radius 1 is 1.33 bits per heavy atom. The summed E-state index contributed by atoms with van der Waals surface area (Å²) in [6.45, 7) is 0. The van der Waals surface area contributed by atoms with Crippen molar-refractivity contribution in [1.82, 2.24) is 0 Å². The van der Waals surface area contributed by atoms with Gasteiger partial charge in [0.15, 0.2) is 0 Å². The zero-order valence-corrected chi connectivity index (χ0v) is 8.07. The quantitative estimate of drug-likeness (QED) is 0.359. The standard InChI is InChI=1S/C7H5INO3/c9-5-2-7-6(11-8-12-7)1-4(5)3-10/h1-3H,9H2/q-1. The number of benzene rings is 1. The topological polar surface area (TPSA) is 61.6 Å². The fourth-order valence-electron chi connectivity index (χ4n) is 0.898. The average molecular weight is 278 g/mol. The molecule has 0 bridgehead atoms. The number of hydrogen-bond donors (Lipinski definition) is 1. The van der Waals surface area contributed by atoms with E-state index in [2.05, 4.69) is 0 Å². The van der Waals surface area contributed by atoms with E-state index in [0.717, 1.165) is 0 Å². The first-order valence-corrected chi connectivity index (χ1v) is 4.95. The van der Waals surface area contributed by atoms with Crippen LogP contribution in [0.4, 0.5) is 5.69 Å². The number of aldehydes is 1. The number of anilines is 1. The van der Waals surface area contributed by atoms with Crippen LogP contribution in [0.2, 0.25) is 0 Å². The Morgan fingerprint density at radius 2 is 2.00 bits per heavy atom. The average Bonchev–Trinajstić information content (AvgIpc) is 2.49.